The molecule has 0 aliphatic rings. The zero-order valence-corrected chi connectivity index (χ0v) is 25.7. The van der Waals surface area contributed by atoms with Crippen molar-refractivity contribution in [2.75, 3.05) is 0 Å². The molecule has 0 saturated heterocycles. The molecule has 0 fully saturated rings. The molecule has 1 nitrogen and oxygen atoms in total. The fourth-order valence-electron chi connectivity index (χ4n) is 7.80. The fourth-order valence-corrected chi connectivity index (χ4v) is 7.80. The summed E-state index contributed by atoms with van der Waals surface area (Å²) in [6.07, 6.45) is 0. The predicted molar refractivity (Wildman–Crippen MR) is 202 cm³/mol. The Labute approximate surface area is 272 Å². The molecule has 47 heavy (non-hydrogen) atoms. The van der Waals surface area contributed by atoms with Crippen LogP contribution in [-0.4, -0.2) is 4.57 Å². The van der Waals surface area contributed by atoms with E-state index in [9.17, 15) is 0 Å². The van der Waals surface area contributed by atoms with Crippen molar-refractivity contribution in [1.82, 2.24) is 4.57 Å². The number of fused-ring (bicyclic) bond motifs is 10. The molecule has 0 spiro atoms. The lowest BCUT2D eigenvalue weighted by Crippen LogP contribution is -1.94. The number of rotatable bonds is 3. The molecule has 1 heterocycles. The van der Waals surface area contributed by atoms with Crippen LogP contribution in [0.2, 0.25) is 0 Å². The summed E-state index contributed by atoms with van der Waals surface area (Å²) in [6.45, 7) is 0. The molecule has 0 unspecified atom stereocenters. The van der Waals surface area contributed by atoms with E-state index in [1.165, 1.54) is 92.8 Å². The first-order valence-corrected chi connectivity index (χ1v) is 16.3. The lowest BCUT2D eigenvalue weighted by molar-refractivity contribution is 1.18. The molecule has 0 amide bonds. The lowest BCUT2D eigenvalue weighted by Gasteiger charge is -2.14. The lowest BCUT2D eigenvalue weighted by atomic mass is 9.90. The molecule has 10 rings (SSSR count). The van der Waals surface area contributed by atoms with Crippen LogP contribution in [0.3, 0.4) is 0 Å². The van der Waals surface area contributed by atoms with Gasteiger partial charge in [0, 0.05) is 16.5 Å². The van der Waals surface area contributed by atoms with Crippen molar-refractivity contribution in [1.29, 1.82) is 0 Å². The van der Waals surface area contributed by atoms with Gasteiger partial charge in [0.05, 0.1) is 11.0 Å². The summed E-state index contributed by atoms with van der Waals surface area (Å²) in [7, 11) is 0. The van der Waals surface area contributed by atoms with Gasteiger partial charge in [-0.1, -0.05) is 140 Å². The predicted octanol–water partition coefficient (Wildman–Crippen LogP) is 12.7. The van der Waals surface area contributed by atoms with Crippen LogP contribution in [0.5, 0.6) is 0 Å². The van der Waals surface area contributed by atoms with E-state index in [4.69, 9.17) is 0 Å². The van der Waals surface area contributed by atoms with Crippen molar-refractivity contribution in [3.8, 4) is 27.9 Å². The van der Waals surface area contributed by atoms with Gasteiger partial charge in [-0.25, -0.2) is 0 Å². The van der Waals surface area contributed by atoms with Gasteiger partial charge >= 0.3 is 0 Å². The van der Waals surface area contributed by atoms with Crippen LogP contribution in [0.25, 0.3) is 92.8 Å². The Balaban J connectivity index is 1.10. The van der Waals surface area contributed by atoms with Gasteiger partial charge < -0.3 is 4.57 Å². The average Bonchev–Trinajstić information content (AvgIpc) is 3.49. The molecule has 10 aromatic rings. The highest BCUT2D eigenvalue weighted by atomic mass is 15.0. The quantitative estimate of drug-likeness (QED) is 0.141. The SMILES string of the molecule is c1cc(-c2ccc(-c3cccc4cc5c6ccccc6c6ccccc6c5cc34)cc2)cc(-n2c3ccccc3c3ccccc32)c1. The molecule has 1 aromatic heterocycles. The second-order valence-corrected chi connectivity index (χ2v) is 12.5. The Morgan fingerprint density at radius 2 is 0.787 bits per heavy atom. The molecule has 0 atom stereocenters. The van der Waals surface area contributed by atoms with Crippen LogP contribution < -0.4 is 0 Å². The van der Waals surface area contributed by atoms with Crippen LogP contribution in [0, 0.1) is 0 Å². The number of hydrogen-bond donors (Lipinski definition) is 0. The van der Waals surface area contributed by atoms with E-state index in [-0.39, 0.29) is 0 Å². The summed E-state index contributed by atoms with van der Waals surface area (Å²) in [5, 5.41) is 12.9. The maximum absolute atomic E-state index is 2.41. The zero-order valence-electron chi connectivity index (χ0n) is 25.7. The number of benzene rings is 9. The Morgan fingerprint density at radius 1 is 0.277 bits per heavy atom. The van der Waals surface area contributed by atoms with E-state index in [1.807, 2.05) is 0 Å². The number of nitrogens with zero attached hydrogens (tertiary/aromatic N) is 1. The molecule has 9 aromatic carbocycles. The van der Waals surface area contributed by atoms with Gasteiger partial charge in [0.2, 0.25) is 0 Å². The van der Waals surface area contributed by atoms with E-state index in [0.717, 1.165) is 0 Å². The molecule has 0 bridgehead atoms. The minimum absolute atomic E-state index is 1.17. The molecule has 218 valence electrons. The van der Waals surface area contributed by atoms with Crippen LogP contribution in [-0.2, 0) is 0 Å². The molecule has 0 saturated carbocycles. The van der Waals surface area contributed by atoms with Gasteiger partial charge in [-0.2, -0.15) is 0 Å². The van der Waals surface area contributed by atoms with E-state index in [2.05, 4.69) is 180 Å². The summed E-state index contributed by atoms with van der Waals surface area (Å²) >= 11 is 0. The standard InChI is InChI=1S/C46H29N/c1-3-16-38-36(14-1)37-15-2-4-17-39(37)44-29-42-33(28-43(38)44)12-10-20-35(42)31-25-23-30(24-26-31)32-11-9-13-34(27-32)47-45-21-7-5-18-40(45)41-19-6-8-22-46(41)47/h1-29H. The molecule has 0 aliphatic carbocycles. The van der Waals surface area contributed by atoms with E-state index in [1.54, 1.807) is 0 Å². The van der Waals surface area contributed by atoms with E-state index < -0.39 is 0 Å². The molecular weight excluding hydrogens is 567 g/mol. The van der Waals surface area contributed by atoms with Crippen molar-refractivity contribution in [3.05, 3.63) is 176 Å². The third-order valence-corrected chi connectivity index (χ3v) is 9.96. The van der Waals surface area contributed by atoms with Crippen LogP contribution in [0.1, 0.15) is 0 Å². The third-order valence-electron chi connectivity index (χ3n) is 9.96. The van der Waals surface area contributed by atoms with Gasteiger partial charge in [-0.05, 0) is 102 Å². The van der Waals surface area contributed by atoms with Crippen LogP contribution in [0.15, 0.2) is 176 Å². The minimum atomic E-state index is 1.17. The van der Waals surface area contributed by atoms with E-state index >= 15 is 0 Å². The molecule has 0 N–H and O–H groups in total. The Kier molecular flexibility index (Phi) is 5.64. The Morgan fingerprint density at radius 3 is 1.43 bits per heavy atom. The highest BCUT2D eigenvalue weighted by Crippen LogP contribution is 2.40. The van der Waals surface area contributed by atoms with Crippen molar-refractivity contribution in [2.24, 2.45) is 0 Å². The largest absolute Gasteiger partial charge is 0.309 e. The topological polar surface area (TPSA) is 4.93 Å². The molecular formula is C46H29N. The summed E-state index contributed by atoms with van der Waals surface area (Å²) in [6, 6.07) is 64.5. The molecule has 0 radical (unpaired) electrons. The van der Waals surface area contributed by atoms with Gasteiger partial charge in [-0.15, -0.1) is 0 Å². The third kappa shape index (κ3) is 3.97. The highest BCUT2D eigenvalue weighted by molar-refractivity contribution is 6.27. The Bertz CT molecular complexity index is 2780. The molecule has 1 heteroatoms. The monoisotopic (exact) mass is 595 g/mol. The Hall–Kier alpha value is -6.18. The molecule has 0 aliphatic heterocycles. The number of hydrogen-bond acceptors (Lipinski definition) is 0. The number of para-hydroxylation sites is 2. The fraction of sp³-hybridized carbons (Fsp3) is 0. The first-order chi connectivity index (χ1) is 23.3. The second-order valence-electron chi connectivity index (χ2n) is 12.5. The smallest absolute Gasteiger partial charge is 0.0541 e. The first kappa shape index (κ1) is 26.1. The average molecular weight is 596 g/mol. The van der Waals surface area contributed by atoms with Crippen molar-refractivity contribution in [2.45, 2.75) is 0 Å². The summed E-state index contributed by atoms with van der Waals surface area (Å²) in [4.78, 5) is 0. The first-order valence-electron chi connectivity index (χ1n) is 16.3. The number of aromatic nitrogens is 1. The highest BCUT2D eigenvalue weighted by Gasteiger charge is 2.14. The van der Waals surface area contributed by atoms with Gasteiger partial charge in [0.1, 0.15) is 0 Å². The van der Waals surface area contributed by atoms with Gasteiger partial charge in [-0.3, -0.25) is 0 Å². The van der Waals surface area contributed by atoms with Gasteiger partial charge in [0.25, 0.3) is 0 Å². The maximum atomic E-state index is 2.41. The van der Waals surface area contributed by atoms with Crippen molar-refractivity contribution >= 4 is 64.9 Å². The van der Waals surface area contributed by atoms with Crippen LogP contribution in [0.4, 0.5) is 0 Å². The summed E-state index contributed by atoms with van der Waals surface area (Å²) < 4.78 is 2.38. The summed E-state index contributed by atoms with van der Waals surface area (Å²) in [5.41, 5.74) is 8.52. The second kappa shape index (κ2) is 10.2. The van der Waals surface area contributed by atoms with Gasteiger partial charge in [0.15, 0.2) is 0 Å². The van der Waals surface area contributed by atoms with Crippen LogP contribution >= 0.6 is 0 Å². The normalized spacial score (nSPS) is 11.8. The summed E-state index contributed by atoms with van der Waals surface area (Å²) in [5.74, 6) is 0. The van der Waals surface area contributed by atoms with Crippen molar-refractivity contribution in [3.63, 3.8) is 0 Å². The maximum Gasteiger partial charge on any atom is 0.0541 e. The van der Waals surface area contributed by atoms with E-state index in [0.29, 0.717) is 0 Å². The zero-order chi connectivity index (χ0) is 30.9. The minimum Gasteiger partial charge on any atom is -0.309 e. The van der Waals surface area contributed by atoms with Crippen molar-refractivity contribution < 1.29 is 0 Å².